The van der Waals surface area contributed by atoms with Gasteiger partial charge in [0.15, 0.2) is 0 Å². The maximum atomic E-state index is 11.8. The third-order valence-corrected chi connectivity index (χ3v) is 3.73. The van der Waals surface area contributed by atoms with Gasteiger partial charge in [-0.05, 0) is 12.5 Å². The van der Waals surface area contributed by atoms with Crippen molar-refractivity contribution in [2.75, 3.05) is 13.6 Å². The van der Waals surface area contributed by atoms with Crippen molar-refractivity contribution in [1.29, 1.82) is 5.26 Å². The van der Waals surface area contributed by atoms with Crippen LogP contribution in [0, 0.1) is 18.3 Å². The number of nitriles is 1. The third kappa shape index (κ3) is 3.43. The molecule has 1 aromatic heterocycles. The molecule has 4 nitrogen and oxygen atoms in total. The Morgan fingerprint density at radius 3 is 2.65 bits per heavy atom. The zero-order valence-corrected chi connectivity index (χ0v) is 12.3. The second-order valence-corrected chi connectivity index (χ2v) is 5.60. The fourth-order valence-corrected chi connectivity index (χ4v) is 2.42. The summed E-state index contributed by atoms with van der Waals surface area (Å²) in [6, 6.07) is 9.78. The Labute approximate surface area is 122 Å². The molecule has 0 bridgehead atoms. The predicted molar refractivity (Wildman–Crippen MR) is 79.2 cm³/mol. The van der Waals surface area contributed by atoms with Crippen molar-refractivity contribution in [3.8, 4) is 17.3 Å². The summed E-state index contributed by atoms with van der Waals surface area (Å²) in [5, 5.41) is 11.6. The minimum absolute atomic E-state index is 0.0520. The van der Waals surface area contributed by atoms with Gasteiger partial charge < -0.3 is 4.90 Å². The van der Waals surface area contributed by atoms with Crippen molar-refractivity contribution in [3.05, 3.63) is 40.2 Å². The van der Waals surface area contributed by atoms with Gasteiger partial charge in [0.2, 0.25) is 5.91 Å². The van der Waals surface area contributed by atoms with Gasteiger partial charge in [0, 0.05) is 18.0 Å². The molecule has 102 valence electrons. The molecule has 20 heavy (non-hydrogen) atoms. The highest BCUT2D eigenvalue weighted by molar-refractivity contribution is 7.09. The number of amides is 1. The summed E-state index contributed by atoms with van der Waals surface area (Å²) in [7, 11) is 1.64. The monoisotopic (exact) mass is 285 g/mol. The van der Waals surface area contributed by atoms with Crippen LogP contribution in [0.1, 0.15) is 10.6 Å². The van der Waals surface area contributed by atoms with E-state index in [1.54, 1.807) is 18.4 Å². The highest BCUT2D eigenvalue weighted by atomic mass is 32.1. The lowest BCUT2D eigenvalue weighted by atomic mass is 10.1. The third-order valence-electron chi connectivity index (χ3n) is 2.96. The van der Waals surface area contributed by atoms with E-state index in [0.29, 0.717) is 6.42 Å². The molecule has 0 atom stereocenters. The average Bonchev–Trinajstić information content (AvgIpc) is 2.86. The molecule has 1 heterocycles. The number of thiazole rings is 1. The minimum atomic E-state index is -0.0520. The molecule has 2 aromatic rings. The van der Waals surface area contributed by atoms with Crippen LogP contribution in [0.15, 0.2) is 29.6 Å². The Hall–Kier alpha value is -2.19. The Bertz CT molecular complexity index is 640. The molecule has 0 aliphatic heterocycles. The van der Waals surface area contributed by atoms with E-state index in [1.165, 1.54) is 4.90 Å². The molecule has 0 radical (unpaired) electrons. The maximum absolute atomic E-state index is 11.8. The topological polar surface area (TPSA) is 57.0 Å². The first-order valence-corrected chi connectivity index (χ1v) is 7.10. The van der Waals surface area contributed by atoms with Crippen molar-refractivity contribution in [2.45, 2.75) is 13.3 Å². The molecule has 0 spiro atoms. The summed E-state index contributed by atoms with van der Waals surface area (Å²) in [6.45, 7) is 2.10. The largest absolute Gasteiger partial charge is 0.332 e. The number of carbonyl (C=O) groups excluding carboxylic acids is 1. The van der Waals surface area contributed by atoms with E-state index in [0.717, 1.165) is 21.8 Å². The summed E-state index contributed by atoms with van der Waals surface area (Å²) in [4.78, 5) is 17.7. The lowest BCUT2D eigenvalue weighted by Gasteiger charge is -2.12. The average molecular weight is 285 g/mol. The molecule has 0 fully saturated rings. The van der Waals surface area contributed by atoms with Crippen LogP contribution in [0.2, 0.25) is 0 Å². The summed E-state index contributed by atoms with van der Waals surface area (Å²) < 4.78 is 0. The van der Waals surface area contributed by atoms with Gasteiger partial charge in [0.1, 0.15) is 6.54 Å². The SMILES string of the molecule is Cc1nc(-c2ccc(CC(=O)N(C)CC#N)cc2)cs1. The van der Waals surface area contributed by atoms with Crippen molar-refractivity contribution in [1.82, 2.24) is 9.88 Å². The Morgan fingerprint density at radius 1 is 1.40 bits per heavy atom. The Balaban J connectivity index is 2.05. The summed E-state index contributed by atoms with van der Waals surface area (Å²) in [5.41, 5.74) is 2.96. The number of likely N-dealkylation sites (N-methyl/N-ethyl adjacent to an activating group) is 1. The first kappa shape index (κ1) is 14.2. The highest BCUT2D eigenvalue weighted by Crippen LogP contribution is 2.21. The number of carbonyl (C=O) groups is 1. The molecule has 2 rings (SSSR count). The second-order valence-electron chi connectivity index (χ2n) is 4.53. The highest BCUT2D eigenvalue weighted by Gasteiger charge is 2.09. The van der Waals surface area contributed by atoms with Gasteiger partial charge in [0.05, 0.1) is 23.2 Å². The quantitative estimate of drug-likeness (QED) is 0.811. The van der Waals surface area contributed by atoms with Gasteiger partial charge in [-0.2, -0.15) is 5.26 Å². The molecule has 5 heteroatoms. The van der Waals surface area contributed by atoms with Crippen molar-refractivity contribution < 1.29 is 4.79 Å². The van der Waals surface area contributed by atoms with E-state index in [2.05, 4.69) is 4.98 Å². The molecular formula is C15H15N3OS. The number of nitrogens with zero attached hydrogens (tertiary/aromatic N) is 3. The van der Waals surface area contributed by atoms with Crippen LogP contribution in [0.4, 0.5) is 0 Å². The lowest BCUT2D eigenvalue weighted by Crippen LogP contribution is -2.28. The van der Waals surface area contributed by atoms with Crippen molar-refractivity contribution in [3.63, 3.8) is 0 Å². The number of aryl methyl sites for hydroxylation is 1. The van der Waals surface area contributed by atoms with Gasteiger partial charge in [-0.15, -0.1) is 11.3 Å². The first-order valence-electron chi connectivity index (χ1n) is 6.22. The molecule has 0 saturated carbocycles. The standard InChI is InChI=1S/C15H15N3OS/c1-11-17-14(10-20-11)13-5-3-12(4-6-13)9-15(19)18(2)8-7-16/h3-6,10H,8-9H2,1-2H3. The molecule has 1 aromatic carbocycles. The van der Waals surface area contributed by atoms with E-state index in [-0.39, 0.29) is 12.5 Å². The molecule has 0 N–H and O–H groups in total. The summed E-state index contributed by atoms with van der Waals surface area (Å²) in [5.74, 6) is -0.0520. The predicted octanol–water partition coefficient (Wildman–Crippen LogP) is 2.64. The van der Waals surface area contributed by atoms with E-state index >= 15 is 0 Å². The van der Waals surface area contributed by atoms with Crippen LogP contribution in [-0.4, -0.2) is 29.4 Å². The van der Waals surface area contributed by atoms with E-state index in [4.69, 9.17) is 5.26 Å². The second kappa shape index (κ2) is 6.31. The molecule has 0 aliphatic rings. The zero-order chi connectivity index (χ0) is 14.5. The molecule has 1 amide bonds. The maximum Gasteiger partial charge on any atom is 0.227 e. The number of aromatic nitrogens is 1. The lowest BCUT2D eigenvalue weighted by molar-refractivity contribution is -0.128. The molecule has 0 saturated heterocycles. The number of rotatable bonds is 4. The zero-order valence-electron chi connectivity index (χ0n) is 11.5. The van der Waals surface area contributed by atoms with Gasteiger partial charge in [-0.3, -0.25) is 4.79 Å². The number of benzene rings is 1. The van der Waals surface area contributed by atoms with Gasteiger partial charge in [0.25, 0.3) is 0 Å². The van der Waals surface area contributed by atoms with Crippen LogP contribution in [0.5, 0.6) is 0 Å². The minimum Gasteiger partial charge on any atom is -0.332 e. The summed E-state index contributed by atoms with van der Waals surface area (Å²) in [6.07, 6.45) is 0.314. The number of hydrogen-bond donors (Lipinski definition) is 0. The summed E-state index contributed by atoms with van der Waals surface area (Å²) >= 11 is 1.62. The van der Waals surface area contributed by atoms with Gasteiger partial charge >= 0.3 is 0 Å². The van der Waals surface area contributed by atoms with E-state index < -0.39 is 0 Å². The van der Waals surface area contributed by atoms with Crippen LogP contribution < -0.4 is 0 Å². The van der Waals surface area contributed by atoms with E-state index in [9.17, 15) is 4.79 Å². The Kier molecular flexibility index (Phi) is 4.49. The van der Waals surface area contributed by atoms with Gasteiger partial charge in [-0.25, -0.2) is 4.98 Å². The van der Waals surface area contributed by atoms with Crippen LogP contribution >= 0.6 is 11.3 Å². The van der Waals surface area contributed by atoms with Crippen molar-refractivity contribution in [2.24, 2.45) is 0 Å². The van der Waals surface area contributed by atoms with Crippen LogP contribution in [0.25, 0.3) is 11.3 Å². The normalized spacial score (nSPS) is 10.1. The number of hydrogen-bond acceptors (Lipinski definition) is 4. The first-order chi connectivity index (χ1) is 9.60. The Morgan fingerprint density at radius 2 is 2.10 bits per heavy atom. The van der Waals surface area contributed by atoms with Crippen LogP contribution in [0.3, 0.4) is 0 Å². The van der Waals surface area contributed by atoms with Crippen LogP contribution in [-0.2, 0) is 11.2 Å². The fourth-order valence-electron chi connectivity index (χ4n) is 1.79. The molecular weight excluding hydrogens is 270 g/mol. The van der Waals surface area contributed by atoms with Gasteiger partial charge in [-0.1, -0.05) is 24.3 Å². The molecule has 0 unspecified atom stereocenters. The van der Waals surface area contributed by atoms with Crippen molar-refractivity contribution >= 4 is 17.2 Å². The molecule has 0 aliphatic carbocycles. The van der Waals surface area contributed by atoms with E-state index in [1.807, 2.05) is 42.6 Å². The smallest absolute Gasteiger partial charge is 0.227 e. The fraction of sp³-hybridized carbons (Fsp3) is 0.267.